The van der Waals surface area contributed by atoms with Crippen LogP contribution in [0.1, 0.15) is 34.0 Å². The van der Waals surface area contributed by atoms with Crippen LogP contribution in [0.25, 0.3) is 0 Å². The van der Waals surface area contributed by atoms with Gasteiger partial charge in [0.1, 0.15) is 0 Å². The van der Waals surface area contributed by atoms with Gasteiger partial charge in [-0.15, -0.1) is 0 Å². The van der Waals surface area contributed by atoms with Crippen LogP contribution in [0.3, 0.4) is 0 Å². The maximum absolute atomic E-state index is 12.4. The third kappa shape index (κ3) is 3.54. The van der Waals surface area contributed by atoms with Gasteiger partial charge in [0.25, 0.3) is 0 Å². The van der Waals surface area contributed by atoms with E-state index in [2.05, 4.69) is 31.2 Å². The van der Waals surface area contributed by atoms with Gasteiger partial charge in [0.2, 0.25) is 0 Å². The molecule has 0 aliphatic rings. The Kier molecular flexibility index (Phi) is 4.16. The highest BCUT2D eigenvalue weighted by Crippen LogP contribution is 2.16. The molecule has 0 heterocycles. The second-order valence-corrected chi connectivity index (χ2v) is 5.33. The number of ketones is 1. The maximum atomic E-state index is 12.4. The third-order valence-corrected chi connectivity index (χ3v) is 3.37. The third-order valence-electron chi connectivity index (χ3n) is 3.37. The molecule has 0 fully saturated rings. The van der Waals surface area contributed by atoms with Crippen LogP contribution >= 0.6 is 0 Å². The molecule has 98 valence electrons. The number of benzene rings is 2. The van der Waals surface area contributed by atoms with Crippen molar-refractivity contribution in [1.29, 1.82) is 0 Å². The molecule has 0 radical (unpaired) electrons. The summed E-state index contributed by atoms with van der Waals surface area (Å²) in [6.45, 7) is 6.10. The summed E-state index contributed by atoms with van der Waals surface area (Å²) in [7, 11) is 0. The highest BCUT2D eigenvalue weighted by Gasteiger charge is 2.15. The zero-order valence-electron chi connectivity index (χ0n) is 11.8. The predicted octanol–water partition coefficient (Wildman–Crippen LogP) is 4.36. The van der Waals surface area contributed by atoms with E-state index in [9.17, 15) is 4.79 Å². The molecule has 1 unspecified atom stereocenters. The van der Waals surface area contributed by atoms with Gasteiger partial charge in [-0.05, 0) is 31.9 Å². The highest BCUT2D eigenvalue weighted by molar-refractivity contribution is 5.97. The van der Waals surface area contributed by atoms with Crippen LogP contribution in [-0.2, 0) is 6.42 Å². The minimum absolute atomic E-state index is 0.0172. The fraction of sp³-hybridized carbons (Fsp3) is 0.278. The van der Waals surface area contributed by atoms with Crippen LogP contribution in [0.15, 0.2) is 48.5 Å². The Morgan fingerprint density at radius 1 is 1.00 bits per heavy atom. The lowest BCUT2D eigenvalue weighted by Crippen LogP contribution is -2.14. The maximum Gasteiger partial charge on any atom is 0.166 e. The Labute approximate surface area is 115 Å². The smallest absolute Gasteiger partial charge is 0.166 e. The number of rotatable bonds is 4. The standard InChI is InChI=1S/C18H20O/c1-13-6-4-8-16(10-13)12-15(3)18(19)17-9-5-7-14(2)11-17/h4-11,15H,12H2,1-3H3. The Morgan fingerprint density at radius 3 is 2.26 bits per heavy atom. The van der Waals surface area contributed by atoms with E-state index >= 15 is 0 Å². The molecule has 0 saturated carbocycles. The molecule has 1 atom stereocenters. The molecule has 0 saturated heterocycles. The molecular formula is C18H20O. The molecule has 19 heavy (non-hydrogen) atoms. The van der Waals surface area contributed by atoms with E-state index in [-0.39, 0.29) is 11.7 Å². The predicted molar refractivity (Wildman–Crippen MR) is 79.6 cm³/mol. The summed E-state index contributed by atoms with van der Waals surface area (Å²) in [6, 6.07) is 16.2. The van der Waals surface area contributed by atoms with Crippen molar-refractivity contribution in [2.24, 2.45) is 5.92 Å². The summed E-state index contributed by atoms with van der Waals surface area (Å²) in [4.78, 5) is 12.4. The van der Waals surface area contributed by atoms with Crippen molar-refractivity contribution >= 4 is 5.78 Å². The second kappa shape index (κ2) is 5.83. The molecule has 2 aromatic rings. The highest BCUT2D eigenvalue weighted by atomic mass is 16.1. The van der Waals surface area contributed by atoms with Crippen LogP contribution in [0.4, 0.5) is 0 Å². The molecule has 0 aromatic heterocycles. The summed E-state index contributed by atoms with van der Waals surface area (Å²) >= 11 is 0. The van der Waals surface area contributed by atoms with Crippen molar-refractivity contribution in [3.63, 3.8) is 0 Å². The average molecular weight is 252 g/mol. The van der Waals surface area contributed by atoms with E-state index in [4.69, 9.17) is 0 Å². The minimum atomic E-state index is 0.0172. The summed E-state index contributed by atoms with van der Waals surface area (Å²) in [6.07, 6.45) is 0.800. The summed E-state index contributed by atoms with van der Waals surface area (Å²) in [5.74, 6) is 0.244. The van der Waals surface area contributed by atoms with Gasteiger partial charge < -0.3 is 0 Å². The Hall–Kier alpha value is -1.89. The van der Waals surface area contributed by atoms with E-state index in [1.54, 1.807) is 0 Å². The van der Waals surface area contributed by atoms with Gasteiger partial charge in [0, 0.05) is 11.5 Å². The van der Waals surface area contributed by atoms with Gasteiger partial charge in [-0.2, -0.15) is 0 Å². The van der Waals surface area contributed by atoms with Gasteiger partial charge in [-0.3, -0.25) is 4.79 Å². The monoisotopic (exact) mass is 252 g/mol. The number of hydrogen-bond acceptors (Lipinski definition) is 1. The van der Waals surface area contributed by atoms with Gasteiger partial charge in [-0.1, -0.05) is 60.5 Å². The van der Waals surface area contributed by atoms with E-state index in [1.807, 2.05) is 38.1 Å². The van der Waals surface area contributed by atoms with Gasteiger partial charge in [0.05, 0.1) is 0 Å². The zero-order valence-corrected chi connectivity index (χ0v) is 11.8. The molecule has 1 nitrogen and oxygen atoms in total. The van der Waals surface area contributed by atoms with Crippen molar-refractivity contribution in [2.75, 3.05) is 0 Å². The van der Waals surface area contributed by atoms with Crippen LogP contribution in [0.5, 0.6) is 0 Å². The lowest BCUT2D eigenvalue weighted by Gasteiger charge is -2.11. The van der Waals surface area contributed by atoms with Crippen molar-refractivity contribution in [1.82, 2.24) is 0 Å². The van der Waals surface area contributed by atoms with Gasteiger partial charge in [0.15, 0.2) is 5.78 Å². The van der Waals surface area contributed by atoms with E-state index in [0.717, 1.165) is 17.5 Å². The molecule has 0 N–H and O–H groups in total. The van der Waals surface area contributed by atoms with Crippen LogP contribution in [0.2, 0.25) is 0 Å². The lowest BCUT2D eigenvalue weighted by atomic mass is 9.92. The Balaban J connectivity index is 2.12. The largest absolute Gasteiger partial charge is 0.294 e. The van der Waals surface area contributed by atoms with E-state index in [0.29, 0.717) is 0 Å². The summed E-state index contributed by atoms with van der Waals surface area (Å²) < 4.78 is 0. The molecule has 0 aliphatic heterocycles. The zero-order chi connectivity index (χ0) is 13.8. The van der Waals surface area contributed by atoms with E-state index < -0.39 is 0 Å². The Bertz CT molecular complexity index is 584. The number of hydrogen-bond donors (Lipinski definition) is 0. The first-order valence-electron chi connectivity index (χ1n) is 6.72. The van der Waals surface area contributed by atoms with E-state index in [1.165, 1.54) is 11.1 Å². The lowest BCUT2D eigenvalue weighted by molar-refractivity contribution is 0.0929. The van der Waals surface area contributed by atoms with Gasteiger partial charge in [-0.25, -0.2) is 0 Å². The summed E-state index contributed by atoms with van der Waals surface area (Å²) in [5.41, 5.74) is 4.43. The Morgan fingerprint density at radius 2 is 1.63 bits per heavy atom. The average Bonchev–Trinajstić information content (AvgIpc) is 2.38. The SMILES string of the molecule is Cc1cccc(CC(C)C(=O)c2cccc(C)c2)c1. The molecule has 0 bridgehead atoms. The number of aryl methyl sites for hydroxylation is 2. The minimum Gasteiger partial charge on any atom is -0.294 e. The molecule has 1 heteroatoms. The van der Waals surface area contributed by atoms with Crippen molar-refractivity contribution in [2.45, 2.75) is 27.2 Å². The number of carbonyl (C=O) groups is 1. The molecule has 2 aromatic carbocycles. The van der Waals surface area contributed by atoms with Crippen molar-refractivity contribution < 1.29 is 4.79 Å². The van der Waals surface area contributed by atoms with Crippen LogP contribution in [0, 0.1) is 19.8 Å². The van der Waals surface area contributed by atoms with Crippen LogP contribution < -0.4 is 0 Å². The quantitative estimate of drug-likeness (QED) is 0.739. The first-order valence-corrected chi connectivity index (χ1v) is 6.72. The molecule has 2 rings (SSSR count). The number of carbonyl (C=O) groups excluding carboxylic acids is 1. The first-order chi connectivity index (χ1) is 9.06. The summed E-state index contributed by atoms with van der Waals surface area (Å²) in [5, 5.41) is 0. The fourth-order valence-corrected chi connectivity index (χ4v) is 2.37. The normalized spacial score (nSPS) is 12.2. The number of Topliss-reactive ketones (excluding diaryl/α,β-unsaturated/α-hetero) is 1. The first kappa shape index (κ1) is 13.5. The molecule has 0 spiro atoms. The van der Waals surface area contributed by atoms with Gasteiger partial charge >= 0.3 is 0 Å². The second-order valence-electron chi connectivity index (χ2n) is 5.33. The van der Waals surface area contributed by atoms with Crippen molar-refractivity contribution in [3.8, 4) is 0 Å². The molecule has 0 amide bonds. The fourth-order valence-electron chi connectivity index (χ4n) is 2.37. The topological polar surface area (TPSA) is 17.1 Å². The molecule has 0 aliphatic carbocycles. The van der Waals surface area contributed by atoms with Crippen molar-refractivity contribution in [3.05, 3.63) is 70.8 Å². The molecular weight excluding hydrogens is 232 g/mol. The van der Waals surface area contributed by atoms with Crippen LogP contribution in [-0.4, -0.2) is 5.78 Å².